The maximum atomic E-state index is 11.5. The number of esters is 1. The molecular weight excluding hydrogens is 347 g/mol. The highest BCUT2D eigenvalue weighted by molar-refractivity contribution is 6.35. The smallest absolute Gasteiger partial charge is 0.306 e. The summed E-state index contributed by atoms with van der Waals surface area (Å²) in [5, 5.41) is 0.712. The summed E-state index contributed by atoms with van der Waals surface area (Å²) in [6.07, 6.45) is -0.157. The number of amides is 2. The second-order valence-corrected chi connectivity index (χ2v) is 5.11. The average molecular weight is 363 g/mol. The topological polar surface area (TPSA) is 93.7 Å². The van der Waals surface area contributed by atoms with E-state index >= 15 is 0 Å². The summed E-state index contributed by atoms with van der Waals surface area (Å²) in [4.78, 5) is 34.0. The molecule has 0 bridgehead atoms. The fourth-order valence-electron chi connectivity index (χ4n) is 1.42. The van der Waals surface area contributed by atoms with Crippen LogP contribution in [0.4, 0.5) is 0 Å². The van der Waals surface area contributed by atoms with Gasteiger partial charge in [0.1, 0.15) is 5.75 Å². The fourth-order valence-corrected chi connectivity index (χ4v) is 1.89. The van der Waals surface area contributed by atoms with Gasteiger partial charge in [-0.15, -0.1) is 0 Å². The van der Waals surface area contributed by atoms with Gasteiger partial charge in [0.05, 0.1) is 18.1 Å². The molecule has 23 heavy (non-hydrogen) atoms. The van der Waals surface area contributed by atoms with E-state index in [-0.39, 0.29) is 31.1 Å². The first-order chi connectivity index (χ1) is 10.9. The molecule has 1 rings (SSSR count). The molecule has 0 spiro atoms. The molecule has 0 saturated carbocycles. The monoisotopic (exact) mass is 362 g/mol. The number of ether oxygens (including phenoxy) is 2. The molecule has 0 fully saturated rings. The van der Waals surface area contributed by atoms with Crippen LogP contribution in [0.15, 0.2) is 18.2 Å². The molecule has 0 atom stereocenters. The van der Waals surface area contributed by atoms with Crippen LogP contribution in [0, 0.1) is 0 Å². The molecule has 0 unspecified atom stereocenters. The molecular formula is C14H16Cl2N2O5. The summed E-state index contributed by atoms with van der Waals surface area (Å²) in [5.74, 6) is -1.29. The lowest BCUT2D eigenvalue weighted by atomic mass is 10.3. The maximum absolute atomic E-state index is 11.5. The van der Waals surface area contributed by atoms with Crippen LogP contribution in [-0.2, 0) is 19.1 Å². The number of hydrogen-bond donors (Lipinski definition) is 2. The largest absolute Gasteiger partial charge is 0.482 e. The molecule has 1 aromatic carbocycles. The standard InChI is InChI=1S/C14H16Cl2N2O5/c1-2-22-14(21)6-5-12(19)17-18-13(20)8-23-11-4-3-9(15)7-10(11)16/h3-4,7H,2,5-6,8H2,1H3,(H,17,19)(H,18,20). The third-order valence-electron chi connectivity index (χ3n) is 2.46. The quantitative estimate of drug-likeness (QED) is 0.570. The number of carbonyl (C=O) groups excluding carboxylic acids is 3. The Morgan fingerprint density at radius 3 is 2.43 bits per heavy atom. The first-order valence-electron chi connectivity index (χ1n) is 6.73. The van der Waals surface area contributed by atoms with E-state index in [1.54, 1.807) is 13.0 Å². The van der Waals surface area contributed by atoms with E-state index in [0.717, 1.165) is 0 Å². The van der Waals surface area contributed by atoms with Crippen LogP contribution in [0.5, 0.6) is 5.75 Å². The first-order valence-corrected chi connectivity index (χ1v) is 7.49. The fraction of sp³-hybridized carbons (Fsp3) is 0.357. The lowest BCUT2D eigenvalue weighted by Gasteiger charge is -2.09. The number of carbonyl (C=O) groups is 3. The summed E-state index contributed by atoms with van der Waals surface area (Å²) >= 11 is 11.6. The van der Waals surface area contributed by atoms with Crippen molar-refractivity contribution in [3.63, 3.8) is 0 Å². The molecule has 126 valence electrons. The Kier molecular flexibility index (Phi) is 8.21. The SMILES string of the molecule is CCOC(=O)CCC(=O)NNC(=O)COc1ccc(Cl)cc1Cl. The normalized spacial score (nSPS) is 9.87. The molecule has 0 aliphatic carbocycles. The zero-order valence-corrected chi connectivity index (χ0v) is 13.9. The summed E-state index contributed by atoms with van der Waals surface area (Å²) < 4.78 is 9.86. The molecule has 1 aromatic rings. The number of rotatable bonds is 7. The van der Waals surface area contributed by atoms with E-state index < -0.39 is 17.8 Å². The van der Waals surface area contributed by atoms with Gasteiger partial charge < -0.3 is 9.47 Å². The second-order valence-electron chi connectivity index (χ2n) is 4.26. The molecule has 0 heterocycles. The first kappa shape index (κ1) is 19.1. The molecule has 2 amide bonds. The Labute approximate surface area is 143 Å². The van der Waals surface area contributed by atoms with Gasteiger partial charge in [-0.25, -0.2) is 0 Å². The Balaban J connectivity index is 2.26. The van der Waals surface area contributed by atoms with Gasteiger partial charge in [0.15, 0.2) is 6.61 Å². The van der Waals surface area contributed by atoms with Gasteiger partial charge >= 0.3 is 5.97 Å². The summed E-state index contributed by atoms with van der Waals surface area (Å²) in [5.41, 5.74) is 4.31. The zero-order chi connectivity index (χ0) is 17.2. The Hall–Kier alpha value is -1.99. The van der Waals surface area contributed by atoms with Crippen molar-refractivity contribution in [2.45, 2.75) is 19.8 Å². The van der Waals surface area contributed by atoms with Crippen LogP contribution in [-0.4, -0.2) is 31.0 Å². The molecule has 0 radical (unpaired) electrons. The second kappa shape index (κ2) is 9.91. The van der Waals surface area contributed by atoms with Gasteiger partial charge in [0, 0.05) is 11.4 Å². The van der Waals surface area contributed by atoms with E-state index in [1.807, 2.05) is 0 Å². The third kappa shape index (κ3) is 7.71. The molecule has 2 N–H and O–H groups in total. The van der Waals surface area contributed by atoms with Crippen LogP contribution < -0.4 is 15.6 Å². The van der Waals surface area contributed by atoms with E-state index in [1.165, 1.54) is 12.1 Å². The Morgan fingerprint density at radius 2 is 1.78 bits per heavy atom. The summed E-state index contributed by atoms with van der Waals surface area (Å²) in [6.45, 7) is 1.58. The number of hydrogen-bond acceptors (Lipinski definition) is 5. The maximum Gasteiger partial charge on any atom is 0.306 e. The van der Waals surface area contributed by atoms with Crippen molar-refractivity contribution in [1.29, 1.82) is 0 Å². The van der Waals surface area contributed by atoms with Crippen molar-refractivity contribution in [2.75, 3.05) is 13.2 Å². The van der Waals surface area contributed by atoms with Crippen LogP contribution in [0.3, 0.4) is 0 Å². The minimum absolute atomic E-state index is 0.0631. The lowest BCUT2D eigenvalue weighted by Crippen LogP contribution is -2.43. The van der Waals surface area contributed by atoms with Gasteiger partial charge in [-0.2, -0.15) is 0 Å². The Bertz CT molecular complexity index is 580. The third-order valence-corrected chi connectivity index (χ3v) is 2.99. The minimum Gasteiger partial charge on any atom is -0.482 e. The zero-order valence-electron chi connectivity index (χ0n) is 12.4. The van der Waals surface area contributed by atoms with Gasteiger partial charge in [-0.05, 0) is 25.1 Å². The van der Waals surface area contributed by atoms with Crippen LogP contribution >= 0.6 is 23.2 Å². The van der Waals surface area contributed by atoms with Crippen molar-refractivity contribution < 1.29 is 23.9 Å². The summed E-state index contributed by atoms with van der Waals surface area (Å²) in [6, 6.07) is 4.57. The lowest BCUT2D eigenvalue weighted by molar-refractivity contribution is -0.144. The highest BCUT2D eigenvalue weighted by atomic mass is 35.5. The van der Waals surface area contributed by atoms with Gasteiger partial charge in [-0.3, -0.25) is 25.2 Å². The van der Waals surface area contributed by atoms with Crippen LogP contribution in [0.2, 0.25) is 10.0 Å². The van der Waals surface area contributed by atoms with Gasteiger partial charge in [0.25, 0.3) is 5.91 Å². The number of halogens is 2. The number of benzene rings is 1. The molecule has 0 saturated heterocycles. The Morgan fingerprint density at radius 1 is 1.09 bits per heavy atom. The van der Waals surface area contributed by atoms with Crippen molar-refractivity contribution in [2.24, 2.45) is 0 Å². The van der Waals surface area contributed by atoms with Gasteiger partial charge in [-0.1, -0.05) is 23.2 Å². The van der Waals surface area contributed by atoms with Crippen LogP contribution in [0.1, 0.15) is 19.8 Å². The predicted molar refractivity (Wildman–Crippen MR) is 84.1 cm³/mol. The molecule has 0 aliphatic rings. The number of hydrazine groups is 1. The van der Waals surface area contributed by atoms with Crippen molar-refractivity contribution >= 4 is 41.0 Å². The van der Waals surface area contributed by atoms with Crippen molar-refractivity contribution in [3.8, 4) is 5.75 Å². The van der Waals surface area contributed by atoms with E-state index in [4.69, 9.17) is 27.9 Å². The average Bonchev–Trinajstić information content (AvgIpc) is 2.50. The van der Waals surface area contributed by atoms with E-state index in [9.17, 15) is 14.4 Å². The van der Waals surface area contributed by atoms with Crippen molar-refractivity contribution in [1.82, 2.24) is 10.9 Å². The summed E-state index contributed by atoms with van der Waals surface area (Å²) in [7, 11) is 0. The molecule has 0 aromatic heterocycles. The highest BCUT2D eigenvalue weighted by Crippen LogP contribution is 2.27. The van der Waals surface area contributed by atoms with Crippen molar-refractivity contribution in [3.05, 3.63) is 28.2 Å². The van der Waals surface area contributed by atoms with E-state index in [2.05, 4.69) is 15.6 Å². The molecule has 0 aliphatic heterocycles. The van der Waals surface area contributed by atoms with Crippen LogP contribution in [0.25, 0.3) is 0 Å². The molecule has 7 nitrogen and oxygen atoms in total. The molecule has 9 heteroatoms. The van der Waals surface area contributed by atoms with E-state index in [0.29, 0.717) is 10.8 Å². The van der Waals surface area contributed by atoms with Gasteiger partial charge in [0.2, 0.25) is 5.91 Å². The predicted octanol–water partition coefficient (Wildman–Crippen LogP) is 1.86. The minimum atomic E-state index is -0.583. The number of nitrogens with one attached hydrogen (secondary N) is 2. The highest BCUT2D eigenvalue weighted by Gasteiger charge is 2.10.